The van der Waals surface area contributed by atoms with Gasteiger partial charge in [-0.2, -0.15) is 0 Å². The highest BCUT2D eigenvalue weighted by atomic mass is 16.7. The van der Waals surface area contributed by atoms with Gasteiger partial charge in [-0.05, 0) is 69.7 Å². The molecule has 34 heavy (non-hydrogen) atoms. The SMILES string of the molecule is C=C(C)C(=O)OC1CCCCC1.CCOC(C)Oc1ccc(C=CC=Cc2ccccc2)cc1. The number of allylic oxidation sites excluding steroid dienone is 2. The first-order valence-corrected chi connectivity index (χ1v) is 12.1. The summed E-state index contributed by atoms with van der Waals surface area (Å²) in [6.07, 6.45) is 13.9. The zero-order valence-electron chi connectivity index (χ0n) is 20.7. The maximum absolute atomic E-state index is 11.1. The second-order valence-electron chi connectivity index (χ2n) is 8.28. The number of carbonyl (C=O) groups is 1. The van der Waals surface area contributed by atoms with Crippen LogP contribution < -0.4 is 4.74 Å². The van der Waals surface area contributed by atoms with Gasteiger partial charge in [-0.15, -0.1) is 0 Å². The van der Waals surface area contributed by atoms with Crippen LogP contribution in [0.3, 0.4) is 0 Å². The van der Waals surface area contributed by atoms with Crippen LogP contribution in [-0.4, -0.2) is 25.0 Å². The molecule has 3 rings (SSSR count). The molecule has 2 aromatic carbocycles. The smallest absolute Gasteiger partial charge is 0.333 e. The highest BCUT2D eigenvalue weighted by Gasteiger charge is 2.17. The predicted molar refractivity (Wildman–Crippen MR) is 140 cm³/mol. The van der Waals surface area contributed by atoms with Crippen LogP contribution in [0.1, 0.15) is 64.0 Å². The number of hydrogen-bond acceptors (Lipinski definition) is 4. The minimum Gasteiger partial charge on any atom is -0.465 e. The summed E-state index contributed by atoms with van der Waals surface area (Å²) in [6.45, 7) is 9.73. The van der Waals surface area contributed by atoms with Crippen molar-refractivity contribution in [1.29, 1.82) is 0 Å². The van der Waals surface area contributed by atoms with Crippen LogP contribution in [-0.2, 0) is 14.3 Å². The predicted octanol–water partition coefficient (Wildman–Crippen LogP) is 7.61. The lowest BCUT2D eigenvalue weighted by molar-refractivity contribution is -0.145. The molecule has 0 spiro atoms. The Morgan fingerprint density at radius 2 is 1.56 bits per heavy atom. The van der Waals surface area contributed by atoms with Crippen molar-refractivity contribution >= 4 is 18.1 Å². The Labute approximate surface area is 204 Å². The topological polar surface area (TPSA) is 44.8 Å². The second kappa shape index (κ2) is 15.7. The van der Waals surface area contributed by atoms with Gasteiger partial charge < -0.3 is 14.2 Å². The molecule has 0 amide bonds. The number of carbonyl (C=O) groups excluding carboxylic acids is 1. The van der Waals surface area contributed by atoms with Crippen LogP contribution in [0.4, 0.5) is 0 Å². The molecule has 1 fully saturated rings. The van der Waals surface area contributed by atoms with Gasteiger partial charge in [-0.1, -0.05) is 79.8 Å². The molecular weight excluding hydrogens is 424 g/mol. The summed E-state index contributed by atoms with van der Waals surface area (Å²) in [5, 5.41) is 0. The van der Waals surface area contributed by atoms with Gasteiger partial charge in [0, 0.05) is 12.2 Å². The van der Waals surface area contributed by atoms with Crippen LogP contribution in [0.15, 0.2) is 78.9 Å². The number of benzene rings is 2. The molecule has 1 aliphatic carbocycles. The van der Waals surface area contributed by atoms with Gasteiger partial charge in [0.1, 0.15) is 11.9 Å². The zero-order valence-corrected chi connectivity index (χ0v) is 20.7. The molecule has 0 aliphatic heterocycles. The second-order valence-corrected chi connectivity index (χ2v) is 8.28. The summed E-state index contributed by atoms with van der Waals surface area (Å²) < 4.78 is 16.2. The fourth-order valence-electron chi connectivity index (χ4n) is 3.45. The molecule has 2 aromatic rings. The van der Waals surface area contributed by atoms with Crippen molar-refractivity contribution in [2.75, 3.05) is 6.61 Å². The number of esters is 1. The first-order chi connectivity index (χ1) is 16.5. The minimum absolute atomic E-state index is 0.156. The fourth-order valence-corrected chi connectivity index (χ4v) is 3.45. The lowest BCUT2D eigenvalue weighted by atomic mass is 9.98. The van der Waals surface area contributed by atoms with Crippen molar-refractivity contribution in [3.63, 3.8) is 0 Å². The molecule has 1 unspecified atom stereocenters. The van der Waals surface area contributed by atoms with E-state index in [1.807, 2.05) is 68.5 Å². The monoisotopic (exact) mass is 462 g/mol. The van der Waals surface area contributed by atoms with Crippen molar-refractivity contribution in [2.45, 2.75) is 65.3 Å². The Kier molecular flexibility index (Phi) is 12.5. The van der Waals surface area contributed by atoms with Crippen LogP contribution in [0, 0.1) is 0 Å². The molecule has 0 heterocycles. The Hall–Kier alpha value is -3.11. The standard InChI is InChI=1S/C20H22O2.C10H16O2/c1-3-21-17(2)22-20-15-13-19(14-16-20)12-8-7-11-18-9-5-4-6-10-18;1-8(2)10(11)12-9-6-4-3-5-7-9/h4-17H,3H2,1-2H3;9H,1,3-7H2,2H3. The van der Waals surface area contributed by atoms with Gasteiger partial charge in [-0.25, -0.2) is 4.79 Å². The van der Waals surface area contributed by atoms with E-state index in [0.717, 1.165) is 24.2 Å². The van der Waals surface area contributed by atoms with Gasteiger partial charge in [0.15, 0.2) is 6.29 Å². The Balaban J connectivity index is 0.000000287. The Morgan fingerprint density at radius 1 is 0.971 bits per heavy atom. The third-order valence-electron chi connectivity index (χ3n) is 5.25. The number of ether oxygens (including phenoxy) is 3. The molecule has 0 bridgehead atoms. The van der Waals surface area contributed by atoms with Gasteiger partial charge in [0.05, 0.1) is 0 Å². The van der Waals surface area contributed by atoms with E-state index in [-0.39, 0.29) is 18.4 Å². The van der Waals surface area contributed by atoms with Crippen molar-refractivity contribution < 1.29 is 19.0 Å². The van der Waals surface area contributed by atoms with E-state index in [0.29, 0.717) is 12.2 Å². The lowest BCUT2D eigenvalue weighted by Crippen LogP contribution is -2.20. The van der Waals surface area contributed by atoms with Crippen LogP contribution in [0.25, 0.3) is 12.2 Å². The summed E-state index contributed by atoms with van der Waals surface area (Å²) in [5.41, 5.74) is 2.83. The molecule has 0 N–H and O–H groups in total. The van der Waals surface area contributed by atoms with Crippen molar-refractivity contribution in [3.8, 4) is 5.75 Å². The van der Waals surface area contributed by atoms with Gasteiger partial charge >= 0.3 is 5.97 Å². The van der Waals surface area contributed by atoms with E-state index in [1.54, 1.807) is 6.92 Å². The molecule has 182 valence electrons. The quantitative estimate of drug-likeness (QED) is 0.166. The van der Waals surface area contributed by atoms with E-state index in [1.165, 1.54) is 24.8 Å². The molecule has 0 radical (unpaired) electrons. The summed E-state index contributed by atoms with van der Waals surface area (Å²) >= 11 is 0. The molecule has 4 heteroatoms. The third-order valence-corrected chi connectivity index (χ3v) is 5.25. The van der Waals surface area contributed by atoms with E-state index in [4.69, 9.17) is 14.2 Å². The summed E-state index contributed by atoms with van der Waals surface area (Å²) in [7, 11) is 0. The normalized spacial score (nSPS) is 14.9. The minimum atomic E-state index is -0.234. The van der Waals surface area contributed by atoms with Gasteiger partial charge in [0.2, 0.25) is 0 Å². The molecule has 0 aromatic heterocycles. The van der Waals surface area contributed by atoms with Crippen LogP contribution in [0.5, 0.6) is 5.75 Å². The maximum atomic E-state index is 11.1. The Bertz CT molecular complexity index is 907. The number of hydrogen-bond donors (Lipinski definition) is 0. The van der Waals surface area contributed by atoms with Gasteiger partial charge in [0.25, 0.3) is 0 Å². The molecule has 0 saturated heterocycles. The van der Waals surface area contributed by atoms with Crippen molar-refractivity contribution in [3.05, 3.63) is 90.0 Å². The maximum Gasteiger partial charge on any atom is 0.333 e. The molecule has 1 atom stereocenters. The average molecular weight is 463 g/mol. The lowest BCUT2D eigenvalue weighted by Gasteiger charge is -2.21. The average Bonchev–Trinajstić information content (AvgIpc) is 2.85. The largest absolute Gasteiger partial charge is 0.465 e. The van der Waals surface area contributed by atoms with Crippen LogP contribution >= 0.6 is 0 Å². The first kappa shape index (κ1) is 27.1. The highest BCUT2D eigenvalue weighted by Crippen LogP contribution is 2.21. The molecule has 1 aliphatic rings. The zero-order chi connectivity index (χ0) is 24.6. The summed E-state index contributed by atoms with van der Waals surface area (Å²) in [6, 6.07) is 18.2. The van der Waals surface area contributed by atoms with Crippen LogP contribution in [0.2, 0.25) is 0 Å². The first-order valence-electron chi connectivity index (χ1n) is 12.1. The third kappa shape index (κ3) is 11.2. The Morgan fingerprint density at radius 3 is 2.12 bits per heavy atom. The summed E-state index contributed by atoms with van der Waals surface area (Å²) in [4.78, 5) is 11.1. The van der Waals surface area contributed by atoms with E-state index in [9.17, 15) is 4.79 Å². The summed E-state index contributed by atoms with van der Waals surface area (Å²) in [5.74, 6) is 0.583. The van der Waals surface area contributed by atoms with Gasteiger partial charge in [-0.3, -0.25) is 0 Å². The van der Waals surface area contributed by atoms with E-state index >= 15 is 0 Å². The fraction of sp³-hybridized carbons (Fsp3) is 0.367. The molecular formula is C30H38O4. The van der Waals surface area contributed by atoms with Crippen molar-refractivity contribution in [1.82, 2.24) is 0 Å². The van der Waals surface area contributed by atoms with E-state index in [2.05, 4.69) is 30.9 Å². The highest BCUT2D eigenvalue weighted by molar-refractivity contribution is 5.87. The van der Waals surface area contributed by atoms with Crippen molar-refractivity contribution in [2.24, 2.45) is 0 Å². The van der Waals surface area contributed by atoms with E-state index < -0.39 is 0 Å². The molecule has 1 saturated carbocycles. The molecule has 4 nitrogen and oxygen atoms in total. The number of rotatable bonds is 9.